The highest BCUT2D eigenvalue weighted by Gasteiger charge is 2.23. The Morgan fingerprint density at radius 1 is 1.11 bits per heavy atom. The number of carbonyl (C=O) groups excluding carboxylic acids is 2. The summed E-state index contributed by atoms with van der Waals surface area (Å²) in [6.45, 7) is 1.77. The molecule has 0 unspecified atom stereocenters. The van der Waals surface area contributed by atoms with Gasteiger partial charge in [-0.3, -0.25) is 9.59 Å². The van der Waals surface area contributed by atoms with E-state index in [9.17, 15) is 14.0 Å². The van der Waals surface area contributed by atoms with E-state index in [1.165, 1.54) is 23.8 Å². The van der Waals surface area contributed by atoms with Gasteiger partial charge in [-0.2, -0.15) is 0 Å². The van der Waals surface area contributed by atoms with Gasteiger partial charge in [0.2, 0.25) is 5.91 Å². The van der Waals surface area contributed by atoms with Gasteiger partial charge in [0.1, 0.15) is 5.82 Å². The molecular weight excluding hydrogens is 423 g/mol. The van der Waals surface area contributed by atoms with Crippen molar-refractivity contribution in [1.29, 1.82) is 0 Å². The molecule has 1 fully saturated rings. The normalized spacial score (nSPS) is 14.7. The standard InChI is InChI=1S/C22H24BrFN2O2/c23-20-7-6-18(24)15-19(20)22(28)25-11-8-21(27)26-12-9-17(10-13-26)14-16-4-2-1-3-5-16/h1-7,15,17H,8-14H2,(H,25,28). The van der Waals surface area contributed by atoms with Crippen molar-refractivity contribution < 1.29 is 14.0 Å². The van der Waals surface area contributed by atoms with E-state index in [2.05, 4.69) is 45.5 Å². The number of likely N-dealkylation sites (tertiary alicyclic amines) is 1. The lowest BCUT2D eigenvalue weighted by molar-refractivity contribution is -0.132. The molecular formula is C22H24BrFN2O2. The van der Waals surface area contributed by atoms with Crippen LogP contribution >= 0.6 is 15.9 Å². The predicted octanol–water partition coefficient (Wildman–Crippen LogP) is 4.19. The van der Waals surface area contributed by atoms with Gasteiger partial charge in [-0.25, -0.2) is 4.39 Å². The zero-order chi connectivity index (χ0) is 19.9. The molecule has 28 heavy (non-hydrogen) atoms. The van der Waals surface area contributed by atoms with Crippen molar-refractivity contribution in [3.8, 4) is 0 Å². The number of piperidine rings is 1. The van der Waals surface area contributed by atoms with Crippen LogP contribution in [0.3, 0.4) is 0 Å². The van der Waals surface area contributed by atoms with Gasteiger partial charge in [-0.15, -0.1) is 0 Å². The first-order valence-corrected chi connectivity index (χ1v) is 10.4. The smallest absolute Gasteiger partial charge is 0.252 e. The summed E-state index contributed by atoms with van der Waals surface area (Å²) in [5.74, 6) is -0.197. The highest BCUT2D eigenvalue weighted by molar-refractivity contribution is 9.10. The lowest BCUT2D eigenvalue weighted by Crippen LogP contribution is -2.40. The molecule has 1 saturated heterocycles. The van der Waals surface area contributed by atoms with Crippen molar-refractivity contribution in [2.75, 3.05) is 19.6 Å². The molecule has 1 aliphatic rings. The average molecular weight is 447 g/mol. The second-order valence-corrected chi connectivity index (χ2v) is 8.00. The number of hydrogen-bond donors (Lipinski definition) is 1. The maximum atomic E-state index is 13.3. The minimum atomic E-state index is -0.470. The van der Waals surface area contributed by atoms with E-state index in [1.807, 2.05) is 11.0 Å². The molecule has 2 aromatic carbocycles. The maximum absolute atomic E-state index is 13.3. The van der Waals surface area contributed by atoms with E-state index in [0.717, 1.165) is 32.4 Å². The highest BCUT2D eigenvalue weighted by atomic mass is 79.9. The molecule has 0 bridgehead atoms. The van der Waals surface area contributed by atoms with Crippen molar-refractivity contribution in [2.45, 2.75) is 25.7 Å². The van der Waals surface area contributed by atoms with Crippen molar-refractivity contribution in [1.82, 2.24) is 10.2 Å². The molecule has 1 aliphatic heterocycles. The van der Waals surface area contributed by atoms with E-state index < -0.39 is 5.82 Å². The number of amides is 2. The van der Waals surface area contributed by atoms with E-state index in [1.54, 1.807) is 0 Å². The minimum absolute atomic E-state index is 0.0526. The molecule has 3 rings (SSSR count). The molecule has 0 spiro atoms. The fourth-order valence-corrected chi connectivity index (χ4v) is 3.97. The van der Waals surface area contributed by atoms with Crippen LogP contribution < -0.4 is 5.32 Å². The van der Waals surface area contributed by atoms with Crippen LogP contribution in [0.25, 0.3) is 0 Å². The van der Waals surface area contributed by atoms with Gasteiger partial charge in [0, 0.05) is 30.5 Å². The first kappa shape index (κ1) is 20.5. The van der Waals surface area contributed by atoms with Crippen LogP contribution in [-0.4, -0.2) is 36.3 Å². The Kier molecular flexibility index (Phi) is 7.20. The summed E-state index contributed by atoms with van der Waals surface area (Å²) >= 11 is 3.24. The van der Waals surface area contributed by atoms with Crippen molar-refractivity contribution in [3.05, 3.63) is 69.9 Å². The van der Waals surface area contributed by atoms with Crippen molar-refractivity contribution in [2.24, 2.45) is 5.92 Å². The predicted molar refractivity (Wildman–Crippen MR) is 111 cm³/mol. The molecule has 4 nitrogen and oxygen atoms in total. The van der Waals surface area contributed by atoms with E-state index in [0.29, 0.717) is 10.4 Å². The fourth-order valence-electron chi connectivity index (χ4n) is 3.54. The van der Waals surface area contributed by atoms with Crippen molar-refractivity contribution in [3.63, 3.8) is 0 Å². The number of carbonyl (C=O) groups is 2. The molecule has 0 saturated carbocycles. The summed E-state index contributed by atoms with van der Waals surface area (Å²) < 4.78 is 13.8. The third kappa shape index (κ3) is 5.64. The number of benzene rings is 2. The molecule has 0 atom stereocenters. The summed E-state index contributed by atoms with van der Waals surface area (Å²) in [7, 11) is 0. The molecule has 0 radical (unpaired) electrons. The van der Waals surface area contributed by atoms with Gasteiger partial charge in [-0.1, -0.05) is 30.3 Å². The van der Waals surface area contributed by atoms with Gasteiger partial charge in [0.15, 0.2) is 0 Å². The molecule has 0 aromatic heterocycles. The van der Waals surface area contributed by atoms with E-state index in [4.69, 9.17) is 0 Å². The van der Waals surface area contributed by atoms with E-state index >= 15 is 0 Å². The van der Waals surface area contributed by atoms with Crippen LogP contribution in [0.15, 0.2) is 53.0 Å². The van der Waals surface area contributed by atoms with Crippen LogP contribution in [0.5, 0.6) is 0 Å². The van der Waals surface area contributed by atoms with Crippen molar-refractivity contribution >= 4 is 27.7 Å². The summed E-state index contributed by atoms with van der Waals surface area (Å²) in [6, 6.07) is 14.4. The van der Waals surface area contributed by atoms with Crippen LogP contribution in [-0.2, 0) is 11.2 Å². The second kappa shape index (κ2) is 9.82. The molecule has 0 aliphatic carbocycles. The van der Waals surface area contributed by atoms with Crippen LogP contribution in [0, 0.1) is 11.7 Å². The van der Waals surface area contributed by atoms with E-state index in [-0.39, 0.29) is 30.3 Å². The molecule has 2 amide bonds. The molecule has 1 heterocycles. The summed E-state index contributed by atoms with van der Waals surface area (Å²) in [5, 5.41) is 2.70. The first-order valence-electron chi connectivity index (χ1n) is 9.58. The van der Waals surface area contributed by atoms with Gasteiger partial charge in [-0.05, 0) is 64.9 Å². The fraction of sp³-hybridized carbons (Fsp3) is 0.364. The SMILES string of the molecule is O=C(NCCC(=O)N1CCC(Cc2ccccc2)CC1)c1cc(F)ccc1Br. The zero-order valence-electron chi connectivity index (χ0n) is 15.7. The molecule has 6 heteroatoms. The Balaban J connectivity index is 1.40. The lowest BCUT2D eigenvalue weighted by atomic mass is 9.90. The molecule has 2 aromatic rings. The summed E-state index contributed by atoms with van der Waals surface area (Å²) in [4.78, 5) is 26.4. The van der Waals surface area contributed by atoms with Gasteiger partial charge in [0.05, 0.1) is 5.56 Å². The Hall–Kier alpha value is -2.21. The zero-order valence-corrected chi connectivity index (χ0v) is 17.3. The number of hydrogen-bond acceptors (Lipinski definition) is 2. The van der Waals surface area contributed by atoms with Crippen LogP contribution in [0.4, 0.5) is 4.39 Å². The average Bonchev–Trinajstić information content (AvgIpc) is 2.71. The minimum Gasteiger partial charge on any atom is -0.351 e. The second-order valence-electron chi connectivity index (χ2n) is 7.14. The summed E-state index contributed by atoms with van der Waals surface area (Å²) in [5.41, 5.74) is 1.58. The maximum Gasteiger partial charge on any atom is 0.252 e. The first-order chi connectivity index (χ1) is 13.5. The van der Waals surface area contributed by atoms with Crippen LogP contribution in [0.2, 0.25) is 0 Å². The number of halogens is 2. The lowest BCUT2D eigenvalue weighted by Gasteiger charge is -2.32. The Morgan fingerprint density at radius 2 is 1.82 bits per heavy atom. The summed E-state index contributed by atoms with van der Waals surface area (Å²) in [6.07, 6.45) is 3.32. The van der Waals surface area contributed by atoms with Gasteiger partial charge < -0.3 is 10.2 Å². The molecule has 148 valence electrons. The van der Waals surface area contributed by atoms with Gasteiger partial charge >= 0.3 is 0 Å². The molecule has 1 N–H and O–H groups in total. The quantitative estimate of drug-likeness (QED) is 0.722. The Bertz CT molecular complexity index is 821. The monoisotopic (exact) mass is 446 g/mol. The number of nitrogens with zero attached hydrogens (tertiary/aromatic N) is 1. The van der Waals surface area contributed by atoms with Crippen LogP contribution in [0.1, 0.15) is 35.2 Å². The Morgan fingerprint density at radius 3 is 2.54 bits per heavy atom. The topological polar surface area (TPSA) is 49.4 Å². The third-order valence-electron chi connectivity index (χ3n) is 5.13. The third-order valence-corrected chi connectivity index (χ3v) is 5.82. The highest BCUT2D eigenvalue weighted by Crippen LogP contribution is 2.22. The Labute approximate surface area is 173 Å². The largest absolute Gasteiger partial charge is 0.351 e. The number of rotatable bonds is 6. The number of nitrogens with one attached hydrogen (secondary N) is 1. The van der Waals surface area contributed by atoms with Gasteiger partial charge in [0.25, 0.3) is 5.91 Å².